The van der Waals surface area contributed by atoms with Crippen LogP contribution in [0, 0.1) is 0 Å². The lowest BCUT2D eigenvalue weighted by molar-refractivity contribution is 0.0530. The zero-order valence-electron chi connectivity index (χ0n) is 16.8. The topological polar surface area (TPSA) is 64.1 Å². The molecule has 2 heterocycles. The number of halogens is 1. The van der Waals surface area contributed by atoms with E-state index in [1.807, 2.05) is 6.07 Å². The van der Waals surface area contributed by atoms with Crippen LogP contribution in [0.15, 0.2) is 23.2 Å². The molecule has 152 valence electrons. The van der Waals surface area contributed by atoms with E-state index in [1.165, 1.54) is 5.56 Å². The van der Waals surface area contributed by atoms with Crippen LogP contribution in [-0.4, -0.2) is 44.6 Å². The van der Waals surface area contributed by atoms with Gasteiger partial charge in [0.25, 0.3) is 0 Å². The molecule has 1 fully saturated rings. The molecule has 0 bridgehead atoms. The van der Waals surface area contributed by atoms with Gasteiger partial charge >= 0.3 is 0 Å². The average Bonchev–Trinajstić information content (AvgIpc) is 3.07. The van der Waals surface area contributed by atoms with Crippen molar-refractivity contribution in [3.63, 3.8) is 0 Å². The SMILES string of the molecule is CCNC(=NCC1(c2ccc3c(c2)OCO3)CCOCC1)NC(C)(C)C.I. The fraction of sp³-hybridized carbons (Fsp3) is 0.650. The summed E-state index contributed by atoms with van der Waals surface area (Å²) in [6.07, 6.45) is 1.90. The van der Waals surface area contributed by atoms with Gasteiger partial charge < -0.3 is 24.8 Å². The highest BCUT2D eigenvalue weighted by molar-refractivity contribution is 14.0. The van der Waals surface area contributed by atoms with Gasteiger partial charge in [-0.05, 0) is 58.2 Å². The fourth-order valence-electron chi connectivity index (χ4n) is 3.42. The van der Waals surface area contributed by atoms with Crippen molar-refractivity contribution in [3.8, 4) is 11.5 Å². The number of guanidine groups is 1. The van der Waals surface area contributed by atoms with Gasteiger partial charge in [-0.2, -0.15) is 0 Å². The van der Waals surface area contributed by atoms with Crippen molar-refractivity contribution in [2.75, 3.05) is 33.1 Å². The van der Waals surface area contributed by atoms with Crippen molar-refractivity contribution in [1.29, 1.82) is 0 Å². The van der Waals surface area contributed by atoms with E-state index in [0.29, 0.717) is 13.3 Å². The minimum absolute atomic E-state index is 0. The predicted molar refractivity (Wildman–Crippen MR) is 119 cm³/mol. The number of fused-ring (bicyclic) bond motifs is 1. The Morgan fingerprint density at radius 1 is 1.15 bits per heavy atom. The summed E-state index contributed by atoms with van der Waals surface area (Å²) in [5, 5.41) is 6.82. The smallest absolute Gasteiger partial charge is 0.231 e. The predicted octanol–water partition coefficient (Wildman–Crippen LogP) is 3.44. The molecule has 0 saturated carbocycles. The van der Waals surface area contributed by atoms with E-state index in [1.54, 1.807) is 0 Å². The van der Waals surface area contributed by atoms with Crippen molar-refractivity contribution >= 4 is 29.9 Å². The largest absolute Gasteiger partial charge is 0.454 e. The minimum Gasteiger partial charge on any atom is -0.454 e. The Labute approximate surface area is 179 Å². The molecule has 2 aliphatic rings. The van der Waals surface area contributed by atoms with E-state index in [0.717, 1.165) is 50.1 Å². The van der Waals surface area contributed by atoms with Crippen LogP contribution in [0.25, 0.3) is 0 Å². The lowest BCUT2D eigenvalue weighted by atomic mass is 9.74. The summed E-state index contributed by atoms with van der Waals surface area (Å²) in [5.41, 5.74) is 1.17. The maximum atomic E-state index is 5.64. The molecule has 1 saturated heterocycles. The number of hydrogen-bond donors (Lipinski definition) is 2. The molecule has 0 atom stereocenters. The molecule has 0 unspecified atom stereocenters. The Morgan fingerprint density at radius 3 is 2.52 bits per heavy atom. The van der Waals surface area contributed by atoms with Crippen LogP contribution < -0.4 is 20.1 Å². The summed E-state index contributed by atoms with van der Waals surface area (Å²) in [6.45, 7) is 11.9. The second kappa shape index (κ2) is 9.32. The molecular weight excluding hydrogens is 457 g/mol. The molecule has 0 aromatic heterocycles. The highest BCUT2D eigenvalue weighted by atomic mass is 127. The second-order valence-corrected chi connectivity index (χ2v) is 8.03. The lowest BCUT2D eigenvalue weighted by Crippen LogP contribution is -2.48. The van der Waals surface area contributed by atoms with Crippen molar-refractivity contribution in [2.24, 2.45) is 4.99 Å². The first-order valence-electron chi connectivity index (χ1n) is 9.46. The summed E-state index contributed by atoms with van der Waals surface area (Å²) in [7, 11) is 0. The second-order valence-electron chi connectivity index (χ2n) is 8.03. The molecule has 0 aliphatic carbocycles. The average molecular weight is 489 g/mol. The Bertz CT molecular complexity index is 652. The maximum Gasteiger partial charge on any atom is 0.231 e. The third-order valence-electron chi connectivity index (χ3n) is 4.81. The van der Waals surface area contributed by atoms with Crippen molar-refractivity contribution < 1.29 is 14.2 Å². The van der Waals surface area contributed by atoms with Crippen LogP contribution >= 0.6 is 24.0 Å². The van der Waals surface area contributed by atoms with Gasteiger partial charge in [-0.3, -0.25) is 4.99 Å². The van der Waals surface area contributed by atoms with Crippen molar-refractivity contribution in [3.05, 3.63) is 23.8 Å². The van der Waals surface area contributed by atoms with E-state index in [-0.39, 0.29) is 34.9 Å². The van der Waals surface area contributed by atoms with E-state index >= 15 is 0 Å². The first-order valence-corrected chi connectivity index (χ1v) is 9.46. The standard InChI is InChI=1S/C20H31N3O3.HI/c1-5-21-18(23-19(2,3)4)22-13-20(8-10-24-11-9-20)15-6-7-16-17(12-15)26-14-25-16;/h6-7,12H,5,8-11,13-14H2,1-4H3,(H2,21,22,23);1H. The Morgan fingerprint density at radius 2 is 1.85 bits per heavy atom. The lowest BCUT2D eigenvalue weighted by Gasteiger charge is -2.37. The normalized spacial score (nSPS) is 18.6. The summed E-state index contributed by atoms with van der Waals surface area (Å²) in [5.74, 6) is 2.51. The van der Waals surface area contributed by atoms with E-state index in [4.69, 9.17) is 19.2 Å². The summed E-state index contributed by atoms with van der Waals surface area (Å²) >= 11 is 0. The first-order chi connectivity index (χ1) is 12.4. The van der Waals surface area contributed by atoms with Crippen LogP contribution in [0.1, 0.15) is 46.1 Å². The van der Waals surface area contributed by atoms with Gasteiger partial charge in [0, 0.05) is 30.7 Å². The molecule has 2 N–H and O–H groups in total. The van der Waals surface area contributed by atoms with Crippen molar-refractivity contribution in [2.45, 2.75) is 51.5 Å². The van der Waals surface area contributed by atoms with E-state index in [2.05, 4.69) is 50.5 Å². The van der Waals surface area contributed by atoms with Gasteiger partial charge in [0.2, 0.25) is 6.79 Å². The molecule has 27 heavy (non-hydrogen) atoms. The molecule has 2 aliphatic heterocycles. The van der Waals surface area contributed by atoms with Crippen LogP contribution in [0.2, 0.25) is 0 Å². The highest BCUT2D eigenvalue weighted by Crippen LogP contribution is 2.41. The van der Waals surface area contributed by atoms with Gasteiger partial charge in [-0.15, -0.1) is 24.0 Å². The molecule has 1 aromatic rings. The Kier molecular flexibility index (Phi) is 7.62. The van der Waals surface area contributed by atoms with Crippen LogP contribution in [0.5, 0.6) is 11.5 Å². The number of ether oxygens (including phenoxy) is 3. The van der Waals surface area contributed by atoms with Crippen LogP contribution in [0.4, 0.5) is 0 Å². The molecule has 1 aromatic carbocycles. The Hall–Kier alpha value is -1.22. The zero-order valence-corrected chi connectivity index (χ0v) is 19.1. The van der Waals surface area contributed by atoms with Crippen LogP contribution in [0.3, 0.4) is 0 Å². The fourth-order valence-corrected chi connectivity index (χ4v) is 3.42. The number of benzene rings is 1. The van der Waals surface area contributed by atoms with Crippen LogP contribution in [-0.2, 0) is 10.2 Å². The zero-order chi connectivity index (χ0) is 18.6. The van der Waals surface area contributed by atoms with Gasteiger partial charge in [0.1, 0.15) is 0 Å². The summed E-state index contributed by atoms with van der Waals surface area (Å²) in [6, 6.07) is 6.28. The number of aliphatic imine (C=N–C) groups is 1. The highest BCUT2D eigenvalue weighted by Gasteiger charge is 2.35. The number of hydrogen-bond acceptors (Lipinski definition) is 4. The summed E-state index contributed by atoms with van der Waals surface area (Å²) < 4.78 is 16.7. The number of rotatable bonds is 4. The molecule has 0 amide bonds. The van der Waals surface area contributed by atoms with Gasteiger partial charge in [0.15, 0.2) is 17.5 Å². The quantitative estimate of drug-likeness (QED) is 0.386. The van der Waals surface area contributed by atoms with Gasteiger partial charge in [0.05, 0.1) is 6.54 Å². The van der Waals surface area contributed by atoms with Crippen molar-refractivity contribution in [1.82, 2.24) is 10.6 Å². The molecule has 6 nitrogen and oxygen atoms in total. The minimum atomic E-state index is -0.0422. The van der Waals surface area contributed by atoms with E-state index in [9.17, 15) is 0 Å². The molecule has 7 heteroatoms. The van der Waals surface area contributed by atoms with E-state index < -0.39 is 0 Å². The molecule has 0 radical (unpaired) electrons. The number of nitrogens with zero attached hydrogens (tertiary/aromatic N) is 1. The molecule has 3 rings (SSSR count). The molecule has 0 spiro atoms. The monoisotopic (exact) mass is 489 g/mol. The third-order valence-corrected chi connectivity index (χ3v) is 4.81. The van der Waals surface area contributed by atoms with Gasteiger partial charge in [-0.25, -0.2) is 0 Å². The maximum absolute atomic E-state index is 5.64. The van der Waals surface area contributed by atoms with Gasteiger partial charge in [-0.1, -0.05) is 6.07 Å². The third kappa shape index (κ3) is 5.63. The first kappa shape index (κ1) is 22.1. The summed E-state index contributed by atoms with van der Waals surface area (Å²) in [4.78, 5) is 4.93. The molecular formula is C20H32IN3O3. The number of nitrogens with one attached hydrogen (secondary N) is 2. The Balaban J connectivity index is 0.00000261.